The molecule has 0 spiro atoms. The summed E-state index contributed by atoms with van der Waals surface area (Å²) in [7, 11) is 6.82. The quantitative estimate of drug-likeness (QED) is 0.874. The SMILES string of the molecule is Cc1ccccc1-c1cc(C(=O)N(C)C)cc(C(=O)N(C)C)c1. The predicted molar refractivity (Wildman–Crippen MR) is 92.7 cm³/mol. The Morgan fingerprint density at radius 2 is 1.26 bits per heavy atom. The van der Waals surface area contributed by atoms with Crippen molar-refractivity contribution >= 4 is 11.8 Å². The van der Waals surface area contributed by atoms with Gasteiger partial charge in [-0.25, -0.2) is 0 Å². The largest absolute Gasteiger partial charge is 0.345 e. The van der Waals surface area contributed by atoms with Crippen LogP contribution in [0.15, 0.2) is 42.5 Å². The van der Waals surface area contributed by atoms with Gasteiger partial charge < -0.3 is 9.80 Å². The molecule has 0 bridgehead atoms. The molecule has 2 amide bonds. The van der Waals surface area contributed by atoms with E-state index in [1.807, 2.05) is 43.3 Å². The van der Waals surface area contributed by atoms with Crippen molar-refractivity contribution in [2.75, 3.05) is 28.2 Å². The zero-order valence-corrected chi connectivity index (χ0v) is 14.3. The van der Waals surface area contributed by atoms with E-state index in [1.54, 1.807) is 34.3 Å². The zero-order valence-electron chi connectivity index (χ0n) is 14.3. The summed E-state index contributed by atoms with van der Waals surface area (Å²) in [5.74, 6) is -0.235. The van der Waals surface area contributed by atoms with E-state index in [1.165, 1.54) is 9.80 Å². The lowest BCUT2D eigenvalue weighted by atomic mass is 9.96. The lowest BCUT2D eigenvalue weighted by Gasteiger charge is -2.16. The highest BCUT2D eigenvalue weighted by Crippen LogP contribution is 2.26. The number of amides is 2. The van der Waals surface area contributed by atoms with Crippen LogP contribution in [0.1, 0.15) is 26.3 Å². The summed E-state index contributed by atoms with van der Waals surface area (Å²) in [6.45, 7) is 2.02. The second-order valence-electron chi connectivity index (χ2n) is 6.01. The van der Waals surface area contributed by atoms with Crippen molar-refractivity contribution < 1.29 is 9.59 Å². The zero-order chi connectivity index (χ0) is 17.1. The number of hydrogen-bond donors (Lipinski definition) is 0. The molecule has 2 aromatic carbocycles. The molecule has 2 aromatic rings. The monoisotopic (exact) mass is 310 g/mol. The molecule has 0 fully saturated rings. The topological polar surface area (TPSA) is 40.6 Å². The van der Waals surface area contributed by atoms with E-state index in [4.69, 9.17) is 0 Å². The maximum atomic E-state index is 12.4. The maximum absolute atomic E-state index is 12.4. The Bertz CT molecular complexity index is 711. The first-order valence-electron chi connectivity index (χ1n) is 7.45. The van der Waals surface area contributed by atoms with Gasteiger partial charge in [0.25, 0.3) is 11.8 Å². The predicted octanol–water partition coefficient (Wildman–Crippen LogP) is 3.07. The highest BCUT2D eigenvalue weighted by atomic mass is 16.2. The van der Waals surface area contributed by atoms with Crippen LogP contribution in [0.2, 0.25) is 0 Å². The van der Waals surface area contributed by atoms with Gasteiger partial charge in [-0.3, -0.25) is 9.59 Å². The molecule has 4 heteroatoms. The van der Waals surface area contributed by atoms with E-state index in [0.717, 1.165) is 16.7 Å². The van der Waals surface area contributed by atoms with Crippen LogP contribution in [-0.4, -0.2) is 49.8 Å². The summed E-state index contributed by atoms with van der Waals surface area (Å²) in [6, 6.07) is 13.3. The van der Waals surface area contributed by atoms with Crippen LogP contribution in [0.3, 0.4) is 0 Å². The molecule has 0 heterocycles. The summed E-state index contributed by atoms with van der Waals surface area (Å²) in [6.07, 6.45) is 0. The average Bonchev–Trinajstić information content (AvgIpc) is 2.53. The van der Waals surface area contributed by atoms with Gasteiger partial charge in [-0.2, -0.15) is 0 Å². The normalized spacial score (nSPS) is 10.3. The van der Waals surface area contributed by atoms with Crippen LogP contribution >= 0.6 is 0 Å². The molecule has 23 heavy (non-hydrogen) atoms. The van der Waals surface area contributed by atoms with Crippen LogP contribution in [0, 0.1) is 6.92 Å². The van der Waals surface area contributed by atoms with Crippen molar-refractivity contribution in [3.05, 3.63) is 59.2 Å². The van der Waals surface area contributed by atoms with Crippen molar-refractivity contribution in [2.24, 2.45) is 0 Å². The molecule has 2 rings (SSSR count). The Balaban J connectivity index is 2.65. The first kappa shape index (κ1) is 16.7. The maximum Gasteiger partial charge on any atom is 0.253 e. The third-order valence-electron chi connectivity index (χ3n) is 3.70. The van der Waals surface area contributed by atoms with Crippen molar-refractivity contribution in [3.8, 4) is 11.1 Å². The van der Waals surface area contributed by atoms with Crippen molar-refractivity contribution in [1.82, 2.24) is 9.80 Å². The summed E-state index contributed by atoms with van der Waals surface area (Å²) in [5.41, 5.74) is 4.03. The average molecular weight is 310 g/mol. The Labute approximate surface area is 137 Å². The Morgan fingerprint density at radius 1 is 0.783 bits per heavy atom. The molecule has 0 aromatic heterocycles. The molecule has 0 aliphatic rings. The van der Waals surface area contributed by atoms with Gasteiger partial charge in [0.05, 0.1) is 0 Å². The molecule has 0 N–H and O–H groups in total. The first-order valence-corrected chi connectivity index (χ1v) is 7.45. The molecular formula is C19H22N2O2. The number of aryl methyl sites for hydroxylation is 1. The van der Waals surface area contributed by atoms with Crippen molar-refractivity contribution in [3.63, 3.8) is 0 Å². The summed E-state index contributed by atoms with van der Waals surface area (Å²) in [5, 5.41) is 0. The fourth-order valence-corrected chi connectivity index (χ4v) is 2.44. The Hall–Kier alpha value is -2.62. The van der Waals surface area contributed by atoms with E-state index in [-0.39, 0.29) is 11.8 Å². The lowest BCUT2D eigenvalue weighted by Crippen LogP contribution is -2.24. The van der Waals surface area contributed by atoms with Crippen molar-refractivity contribution in [2.45, 2.75) is 6.92 Å². The van der Waals surface area contributed by atoms with E-state index in [9.17, 15) is 9.59 Å². The molecule has 0 saturated heterocycles. The number of hydrogen-bond acceptors (Lipinski definition) is 2. The lowest BCUT2D eigenvalue weighted by molar-refractivity contribution is 0.0826. The minimum atomic E-state index is -0.117. The van der Waals surface area contributed by atoms with Crippen LogP contribution in [0.4, 0.5) is 0 Å². The fourth-order valence-electron chi connectivity index (χ4n) is 2.44. The Morgan fingerprint density at radius 3 is 1.70 bits per heavy atom. The molecule has 0 saturated carbocycles. The van der Waals surface area contributed by atoms with E-state index in [2.05, 4.69) is 0 Å². The fraction of sp³-hybridized carbons (Fsp3) is 0.263. The number of nitrogens with zero attached hydrogens (tertiary/aromatic N) is 2. The van der Waals surface area contributed by atoms with Crippen LogP contribution in [-0.2, 0) is 0 Å². The summed E-state index contributed by atoms with van der Waals surface area (Å²) in [4.78, 5) is 27.7. The van der Waals surface area contributed by atoms with Gasteiger partial charge in [0.15, 0.2) is 0 Å². The third kappa shape index (κ3) is 3.59. The second kappa shape index (κ2) is 6.65. The van der Waals surface area contributed by atoms with Gasteiger partial charge in [-0.1, -0.05) is 24.3 Å². The van der Waals surface area contributed by atoms with Crippen LogP contribution in [0.25, 0.3) is 11.1 Å². The molecular weight excluding hydrogens is 288 g/mol. The third-order valence-corrected chi connectivity index (χ3v) is 3.70. The number of carbonyl (C=O) groups is 2. The molecule has 4 nitrogen and oxygen atoms in total. The first-order chi connectivity index (χ1) is 10.8. The van der Waals surface area contributed by atoms with Gasteiger partial charge in [-0.05, 0) is 41.8 Å². The molecule has 0 unspecified atom stereocenters. The summed E-state index contributed by atoms with van der Waals surface area (Å²) < 4.78 is 0. The van der Waals surface area contributed by atoms with Gasteiger partial charge in [0, 0.05) is 39.3 Å². The standard InChI is InChI=1S/C19H22N2O2/c1-13-8-6-7-9-17(13)14-10-15(18(22)20(2)3)12-16(11-14)19(23)21(4)5/h6-12H,1-5H3. The number of benzene rings is 2. The number of carbonyl (C=O) groups excluding carboxylic acids is 2. The van der Waals surface area contributed by atoms with Gasteiger partial charge >= 0.3 is 0 Å². The van der Waals surface area contributed by atoms with E-state index in [0.29, 0.717) is 11.1 Å². The molecule has 0 radical (unpaired) electrons. The van der Waals surface area contributed by atoms with E-state index >= 15 is 0 Å². The minimum absolute atomic E-state index is 0.117. The summed E-state index contributed by atoms with van der Waals surface area (Å²) >= 11 is 0. The van der Waals surface area contributed by atoms with Gasteiger partial charge in [0.1, 0.15) is 0 Å². The minimum Gasteiger partial charge on any atom is -0.345 e. The van der Waals surface area contributed by atoms with E-state index < -0.39 is 0 Å². The molecule has 120 valence electrons. The van der Waals surface area contributed by atoms with Crippen LogP contribution in [0.5, 0.6) is 0 Å². The number of rotatable bonds is 3. The van der Waals surface area contributed by atoms with Gasteiger partial charge in [-0.15, -0.1) is 0 Å². The molecule has 0 aliphatic carbocycles. The van der Waals surface area contributed by atoms with Crippen molar-refractivity contribution in [1.29, 1.82) is 0 Å². The molecule has 0 atom stereocenters. The smallest absolute Gasteiger partial charge is 0.253 e. The molecule has 0 aliphatic heterocycles. The highest BCUT2D eigenvalue weighted by Gasteiger charge is 2.16. The Kier molecular flexibility index (Phi) is 4.84. The highest BCUT2D eigenvalue weighted by molar-refractivity contribution is 6.01. The van der Waals surface area contributed by atoms with Gasteiger partial charge in [0.2, 0.25) is 0 Å². The van der Waals surface area contributed by atoms with Crippen LogP contribution < -0.4 is 0 Å². The second-order valence-corrected chi connectivity index (χ2v) is 6.01.